The van der Waals surface area contributed by atoms with Crippen molar-refractivity contribution in [1.29, 1.82) is 0 Å². The molecular weight excluding hydrogens is 405 g/mol. The Bertz CT molecular complexity index is 1060. The van der Waals surface area contributed by atoms with E-state index >= 15 is 0 Å². The van der Waals surface area contributed by atoms with Gasteiger partial charge >= 0.3 is 5.97 Å². The van der Waals surface area contributed by atoms with Gasteiger partial charge in [0, 0.05) is 30.9 Å². The summed E-state index contributed by atoms with van der Waals surface area (Å²) in [4.78, 5) is 18.6. The zero-order valence-electron chi connectivity index (χ0n) is 19.2. The number of esters is 1. The molecule has 5 nitrogen and oxygen atoms in total. The Kier molecular flexibility index (Phi) is 6.60. The SMILES string of the molecule is COC(=O)c1ccc(Cc2cn(CC3CCN(CC(C)(C)F)CC3)c3ncccc23)cc1. The van der Waals surface area contributed by atoms with Gasteiger partial charge in [-0.05, 0) is 87.5 Å². The molecule has 0 unspecified atom stereocenters. The highest BCUT2D eigenvalue weighted by Crippen LogP contribution is 2.27. The van der Waals surface area contributed by atoms with Crippen molar-refractivity contribution >= 4 is 17.0 Å². The molecule has 0 amide bonds. The van der Waals surface area contributed by atoms with Gasteiger partial charge in [-0.15, -0.1) is 0 Å². The molecule has 1 saturated heterocycles. The summed E-state index contributed by atoms with van der Waals surface area (Å²) in [5, 5.41) is 1.17. The molecule has 170 valence electrons. The first-order chi connectivity index (χ1) is 15.3. The van der Waals surface area contributed by atoms with Crippen molar-refractivity contribution in [2.75, 3.05) is 26.7 Å². The van der Waals surface area contributed by atoms with E-state index in [4.69, 9.17) is 4.74 Å². The highest BCUT2D eigenvalue weighted by molar-refractivity contribution is 5.89. The number of fused-ring (bicyclic) bond motifs is 1. The number of pyridine rings is 1. The molecule has 1 aliphatic heterocycles. The van der Waals surface area contributed by atoms with Crippen molar-refractivity contribution < 1.29 is 13.9 Å². The third kappa shape index (κ3) is 5.36. The van der Waals surface area contributed by atoms with E-state index in [1.165, 1.54) is 18.1 Å². The molecule has 2 aromatic heterocycles. The molecule has 0 atom stereocenters. The molecule has 0 radical (unpaired) electrons. The normalized spacial score (nSPS) is 15.9. The highest BCUT2D eigenvalue weighted by atomic mass is 19.1. The number of nitrogens with zero attached hydrogens (tertiary/aromatic N) is 3. The molecule has 0 bridgehead atoms. The van der Waals surface area contributed by atoms with Crippen LogP contribution in [0.5, 0.6) is 0 Å². The number of hydrogen-bond donors (Lipinski definition) is 0. The molecule has 32 heavy (non-hydrogen) atoms. The van der Waals surface area contributed by atoms with Gasteiger partial charge in [0.15, 0.2) is 0 Å². The van der Waals surface area contributed by atoms with Crippen LogP contribution in [0.1, 0.15) is 48.2 Å². The first kappa shape index (κ1) is 22.5. The van der Waals surface area contributed by atoms with Crippen LogP contribution in [0, 0.1) is 5.92 Å². The summed E-state index contributed by atoms with van der Waals surface area (Å²) >= 11 is 0. The van der Waals surface area contributed by atoms with E-state index in [1.807, 2.05) is 36.5 Å². The summed E-state index contributed by atoms with van der Waals surface area (Å²) in [6.07, 6.45) is 7.00. The van der Waals surface area contributed by atoms with Crippen molar-refractivity contribution in [1.82, 2.24) is 14.5 Å². The van der Waals surface area contributed by atoms with E-state index in [9.17, 15) is 9.18 Å². The summed E-state index contributed by atoms with van der Waals surface area (Å²) in [6, 6.07) is 11.7. The average molecular weight is 438 g/mol. The lowest BCUT2D eigenvalue weighted by molar-refractivity contribution is 0.0600. The standard InChI is InChI=1S/C26H32FN3O2/c1-26(2,27)18-29-13-10-20(11-14-29)16-30-17-22(23-5-4-12-28-24(23)30)15-19-6-8-21(9-7-19)25(31)32-3/h4-9,12,17,20H,10-11,13-16,18H2,1-3H3. The van der Waals surface area contributed by atoms with Gasteiger partial charge in [-0.25, -0.2) is 14.2 Å². The second kappa shape index (κ2) is 9.41. The van der Waals surface area contributed by atoms with E-state index in [2.05, 4.69) is 26.7 Å². The first-order valence-corrected chi connectivity index (χ1v) is 11.3. The fourth-order valence-corrected chi connectivity index (χ4v) is 4.71. The van der Waals surface area contributed by atoms with Gasteiger partial charge in [0.25, 0.3) is 0 Å². The summed E-state index contributed by atoms with van der Waals surface area (Å²) in [7, 11) is 1.39. The summed E-state index contributed by atoms with van der Waals surface area (Å²) in [6.45, 7) is 6.64. The van der Waals surface area contributed by atoms with E-state index in [0.717, 1.165) is 50.1 Å². The topological polar surface area (TPSA) is 47.4 Å². The first-order valence-electron chi connectivity index (χ1n) is 11.3. The van der Waals surface area contributed by atoms with Crippen molar-refractivity contribution in [3.8, 4) is 0 Å². The minimum absolute atomic E-state index is 0.321. The number of ether oxygens (including phenoxy) is 1. The number of aromatic nitrogens is 2. The predicted molar refractivity (Wildman–Crippen MR) is 125 cm³/mol. The number of likely N-dealkylation sites (tertiary alicyclic amines) is 1. The molecule has 3 aromatic rings. The smallest absolute Gasteiger partial charge is 0.337 e. The van der Waals surface area contributed by atoms with Gasteiger partial charge in [0.05, 0.1) is 12.7 Å². The van der Waals surface area contributed by atoms with Gasteiger partial charge in [0.1, 0.15) is 11.3 Å². The monoisotopic (exact) mass is 437 g/mol. The van der Waals surface area contributed by atoms with Gasteiger partial charge < -0.3 is 14.2 Å². The van der Waals surface area contributed by atoms with Crippen molar-refractivity contribution in [3.63, 3.8) is 0 Å². The van der Waals surface area contributed by atoms with Crippen LogP contribution in [0.4, 0.5) is 4.39 Å². The molecule has 1 fully saturated rings. The zero-order chi connectivity index (χ0) is 22.7. The number of piperidine rings is 1. The summed E-state index contributed by atoms with van der Waals surface area (Å²) in [5.74, 6) is 0.247. The number of hydrogen-bond acceptors (Lipinski definition) is 4. The third-order valence-electron chi connectivity index (χ3n) is 6.25. The van der Waals surface area contributed by atoms with Crippen LogP contribution in [0.3, 0.4) is 0 Å². The fraction of sp³-hybridized carbons (Fsp3) is 0.462. The number of halogens is 1. The van der Waals surface area contributed by atoms with Crippen LogP contribution in [0.25, 0.3) is 11.0 Å². The Morgan fingerprint density at radius 3 is 2.56 bits per heavy atom. The van der Waals surface area contributed by atoms with E-state index in [1.54, 1.807) is 13.8 Å². The van der Waals surface area contributed by atoms with Crippen molar-refractivity contribution in [2.24, 2.45) is 5.92 Å². The second-order valence-corrected chi connectivity index (χ2v) is 9.48. The van der Waals surface area contributed by atoms with Crippen LogP contribution in [0.15, 0.2) is 48.8 Å². The third-order valence-corrected chi connectivity index (χ3v) is 6.25. The molecule has 0 spiro atoms. The minimum atomic E-state index is -1.14. The van der Waals surface area contributed by atoms with Crippen molar-refractivity contribution in [3.05, 3.63) is 65.5 Å². The largest absolute Gasteiger partial charge is 0.465 e. The maximum absolute atomic E-state index is 14.0. The van der Waals surface area contributed by atoms with Gasteiger partial charge in [-0.2, -0.15) is 0 Å². The van der Waals surface area contributed by atoms with Crippen LogP contribution < -0.4 is 0 Å². The number of alkyl halides is 1. The number of carbonyl (C=O) groups is 1. The molecule has 0 N–H and O–H groups in total. The number of benzene rings is 1. The van der Waals surface area contributed by atoms with Crippen LogP contribution >= 0.6 is 0 Å². The van der Waals surface area contributed by atoms with Crippen molar-refractivity contribution in [2.45, 2.75) is 45.3 Å². The van der Waals surface area contributed by atoms with Gasteiger partial charge in [-0.3, -0.25) is 0 Å². The highest BCUT2D eigenvalue weighted by Gasteiger charge is 2.26. The maximum atomic E-state index is 14.0. The lowest BCUT2D eigenvalue weighted by Crippen LogP contribution is -2.41. The lowest BCUT2D eigenvalue weighted by atomic mass is 9.96. The van der Waals surface area contributed by atoms with E-state index in [-0.39, 0.29) is 5.97 Å². The Hall–Kier alpha value is -2.73. The molecule has 0 saturated carbocycles. The Morgan fingerprint density at radius 1 is 1.19 bits per heavy atom. The Labute approximate surface area is 189 Å². The second-order valence-electron chi connectivity index (χ2n) is 9.48. The predicted octanol–water partition coefficient (Wildman–Crippen LogP) is 4.87. The molecule has 4 rings (SSSR count). The number of carbonyl (C=O) groups excluding carboxylic acids is 1. The zero-order valence-corrected chi connectivity index (χ0v) is 19.2. The average Bonchev–Trinajstić information content (AvgIpc) is 3.11. The van der Waals surface area contributed by atoms with Gasteiger partial charge in [-0.1, -0.05) is 12.1 Å². The number of rotatable bonds is 7. The molecule has 1 aliphatic rings. The molecule has 6 heteroatoms. The molecule has 1 aromatic carbocycles. The molecular formula is C26H32FN3O2. The van der Waals surface area contributed by atoms with Crippen LogP contribution in [0.2, 0.25) is 0 Å². The van der Waals surface area contributed by atoms with Crippen LogP contribution in [-0.4, -0.2) is 52.8 Å². The van der Waals surface area contributed by atoms with Gasteiger partial charge in [0.2, 0.25) is 0 Å². The lowest BCUT2D eigenvalue weighted by Gasteiger charge is -2.34. The quantitative estimate of drug-likeness (QED) is 0.495. The summed E-state index contributed by atoms with van der Waals surface area (Å²) in [5.41, 5.74) is 2.80. The van der Waals surface area contributed by atoms with E-state index in [0.29, 0.717) is 18.0 Å². The number of methoxy groups -OCH3 is 1. The maximum Gasteiger partial charge on any atom is 0.337 e. The Balaban J connectivity index is 1.47. The van der Waals surface area contributed by atoms with E-state index < -0.39 is 5.67 Å². The van der Waals surface area contributed by atoms with Crippen LogP contribution in [-0.2, 0) is 17.7 Å². The Morgan fingerprint density at radius 2 is 1.91 bits per heavy atom. The summed E-state index contributed by atoms with van der Waals surface area (Å²) < 4.78 is 21.0. The fourth-order valence-electron chi connectivity index (χ4n) is 4.71. The minimum Gasteiger partial charge on any atom is -0.465 e. The molecule has 0 aliphatic carbocycles. The molecule has 3 heterocycles.